The van der Waals surface area contributed by atoms with E-state index in [1.807, 2.05) is 0 Å². The van der Waals surface area contributed by atoms with Gasteiger partial charge >= 0.3 is 0 Å². The number of ether oxygens (including phenoxy) is 3. The van der Waals surface area contributed by atoms with Crippen molar-refractivity contribution in [3.63, 3.8) is 0 Å². The molecule has 2 amide bonds. The molecule has 1 aliphatic rings. The number of hydrogen-bond donors (Lipinski definition) is 2. The normalized spacial score (nSPS) is 19.6. The lowest BCUT2D eigenvalue weighted by Crippen LogP contribution is -2.31. The first kappa shape index (κ1) is 20.0. The zero-order valence-corrected chi connectivity index (χ0v) is 15.5. The summed E-state index contributed by atoms with van der Waals surface area (Å²) in [6, 6.07) is 4.75. The highest BCUT2D eigenvalue weighted by Crippen LogP contribution is 2.28. The number of primary amides is 1. The van der Waals surface area contributed by atoms with Crippen LogP contribution in [0.1, 0.15) is 43.0 Å². The lowest BCUT2D eigenvalue weighted by atomic mass is 9.88. The van der Waals surface area contributed by atoms with Crippen molar-refractivity contribution in [3.8, 4) is 11.5 Å². The minimum absolute atomic E-state index is 0.218. The summed E-state index contributed by atoms with van der Waals surface area (Å²) in [5.74, 6) is 0.506. The summed E-state index contributed by atoms with van der Waals surface area (Å²) in [6.07, 6.45) is 5.09. The Labute approximate surface area is 154 Å². The van der Waals surface area contributed by atoms with Gasteiger partial charge in [-0.05, 0) is 37.0 Å². The van der Waals surface area contributed by atoms with Crippen LogP contribution in [0.15, 0.2) is 18.2 Å². The second-order valence-corrected chi connectivity index (χ2v) is 6.55. The lowest BCUT2D eigenvalue weighted by molar-refractivity contribution is -0.119. The van der Waals surface area contributed by atoms with Crippen LogP contribution in [0.4, 0.5) is 0 Å². The molecule has 0 spiro atoms. The third kappa shape index (κ3) is 5.91. The summed E-state index contributed by atoms with van der Waals surface area (Å²) in [5.41, 5.74) is 5.50. The van der Waals surface area contributed by atoms with Crippen molar-refractivity contribution in [1.29, 1.82) is 0 Å². The highest BCUT2D eigenvalue weighted by molar-refractivity contribution is 5.94. The molecule has 0 saturated heterocycles. The molecular weight excluding hydrogens is 336 g/mol. The first-order chi connectivity index (χ1) is 12.5. The molecule has 2 unspecified atom stereocenters. The van der Waals surface area contributed by atoms with Crippen LogP contribution < -0.4 is 20.5 Å². The molecule has 7 nitrogen and oxygen atoms in total. The third-order valence-corrected chi connectivity index (χ3v) is 4.55. The van der Waals surface area contributed by atoms with Crippen molar-refractivity contribution in [2.75, 3.05) is 26.9 Å². The van der Waals surface area contributed by atoms with E-state index in [-0.39, 0.29) is 12.5 Å². The first-order valence-corrected chi connectivity index (χ1v) is 9.00. The maximum absolute atomic E-state index is 12.3. The Morgan fingerprint density at radius 3 is 2.69 bits per heavy atom. The zero-order chi connectivity index (χ0) is 18.9. The Hall–Kier alpha value is -2.28. The van der Waals surface area contributed by atoms with Gasteiger partial charge in [-0.2, -0.15) is 0 Å². The van der Waals surface area contributed by atoms with Crippen LogP contribution in [-0.4, -0.2) is 44.8 Å². The minimum Gasteiger partial charge on any atom is -0.493 e. The summed E-state index contributed by atoms with van der Waals surface area (Å²) in [6.45, 7) is 2.91. The molecule has 0 bridgehead atoms. The van der Waals surface area contributed by atoms with Gasteiger partial charge in [0.05, 0.1) is 19.8 Å². The standard InChI is InChI=1S/C19H28N2O5/c1-13-5-3-4-6-15(13)25-10-9-21-19(23)14-7-8-16(17(11-14)24-2)26-12-18(20)22/h7-8,11,13,15H,3-6,9-10,12H2,1-2H3,(H2,20,22)(H,21,23). The van der Waals surface area contributed by atoms with Gasteiger partial charge in [-0.1, -0.05) is 19.8 Å². The number of methoxy groups -OCH3 is 1. The van der Waals surface area contributed by atoms with Gasteiger partial charge in [-0.3, -0.25) is 9.59 Å². The first-order valence-electron chi connectivity index (χ1n) is 9.00. The van der Waals surface area contributed by atoms with E-state index in [1.165, 1.54) is 26.4 Å². The molecule has 26 heavy (non-hydrogen) atoms. The summed E-state index contributed by atoms with van der Waals surface area (Å²) in [7, 11) is 1.47. The molecule has 1 aromatic carbocycles. The van der Waals surface area contributed by atoms with E-state index in [0.717, 1.165) is 6.42 Å². The Balaban J connectivity index is 1.81. The van der Waals surface area contributed by atoms with Gasteiger partial charge in [-0.25, -0.2) is 0 Å². The van der Waals surface area contributed by atoms with Gasteiger partial charge < -0.3 is 25.3 Å². The number of rotatable bonds is 9. The number of carbonyl (C=O) groups excluding carboxylic acids is 2. The smallest absolute Gasteiger partial charge is 0.255 e. The molecule has 0 aliphatic heterocycles. The highest BCUT2D eigenvalue weighted by Gasteiger charge is 2.21. The van der Waals surface area contributed by atoms with Crippen molar-refractivity contribution in [1.82, 2.24) is 5.32 Å². The maximum atomic E-state index is 12.3. The zero-order valence-electron chi connectivity index (χ0n) is 15.5. The maximum Gasteiger partial charge on any atom is 0.255 e. The molecule has 0 heterocycles. The molecule has 1 fully saturated rings. The lowest BCUT2D eigenvalue weighted by Gasteiger charge is -2.28. The van der Waals surface area contributed by atoms with Crippen molar-refractivity contribution in [2.24, 2.45) is 11.7 Å². The molecule has 0 radical (unpaired) electrons. The molecule has 1 aliphatic carbocycles. The molecule has 1 saturated carbocycles. The number of benzene rings is 1. The fourth-order valence-electron chi connectivity index (χ4n) is 3.08. The molecule has 2 atom stereocenters. The highest BCUT2D eigenvalue weighted by atomic mass is 16.5. The van der Waals surface area contributed by atoms with Gasteiger partial charge in [0, 0.05) is 12.1 Å². The largest absolute Gasteiger partial charge is 0.493 e. The van der Waals surface area contributed by atoms with Crippen molar-refractivity contribution in [3.05, 3.63) is 23.8 Å². The fraction of sp³-hybridized carbons (Fsp3) is 0.579. The second-order valence-electron chi connectivity index (χ2n) is 6.55. The molecule has 2 rings (SSSR count). The minimum atomic E-state index is -0.582. The van der Waals surface area contributed by atoms with Crippen LogP contribution in [0.5, 0.6) is 11.5 Å². The average molecular weight is 364 g/mol. The van der Waals surface area contributed by atoms with Crippen LogP contribution in [0.3, 0.4) is 0 Å². The van der Waals surface area contributed by atoms with Gasteiger partial charge in [0.2, 0.25) is 0 Å². The number of hydrogen-bond acceptors (Lipinski definition) is 5. The third-order valence-electron chi connectivity index (χ3n) is 4.55. The Bertz CT molecular complexity index is 620. The predicted molar refractivity (Wildman–Crippen MR) is 97.4 cm³/mol. The van der Waals surface area contributed by atoms with Crippen LogP contribution >= 0.6 is 0 Å². The molecule has 0 aromatic heterocycles. The van der Waals surface area contributed by atoms with Crippen molar-refractivity contribution in [2.45, 2.75) is 38.7 Å². The summed E-state index contributed by atoms with van der Waals surface area (Å²) in [5, 5.41) is 2.84. The SMILES string of the molecule is COc1cc(C(=O)NCCOC2CCCCC2C)ccc1OCC(N)=O. The van der Waals surface area contributed by atoms with E-state index in [1.54, 1.807) is 18.2 Å². The summed E-state index contributed by atoms with van der Waals surface area (Å²) >= 11 is 0. The molecule has 7 heteroatoms. The topological polar surface area (TPSA) is 99.9 Å². The van der Waals surface area contributed by atoms with Gasteiger partial charge in [-0.15, -0.1) is 0 Å². The fourth-order valence-corrected chi connectivity index (χ4v) is 3.08. The molecular formula is C19H28N2O5. The molecule has 1 aromatic rings. The Kier molecular flexibility index (Phi) is 7.72. The van der Waals surface area contributed by atoms with Crippen LogP contribution in [0.25, 0.3) is 0 Å². The van der Waals surface area contributed by atoms with Crippen LogP contribution in [0, 0.1) is 5.92 Å². The van der Waals surface area contributed by atoms with Gasteiger partial charge in [0.15, 0.2) is 18.1 Å². The van der Waals surface area contributed by atoms with E-state index in [4.69, 9.17) is 19.9 Å². The predicted octanol–water partition coefficient (Wildman–Crippen LogP) is 1.88. The van der Waals surface area contributed by atoms with Crippen LogP contribution in [0.2, 0.25) is 0 Å². The molecule has 3 N–H and O–H groups in total. The molecule has 144 valence electrons. The number of nitrogens with one attached hydrogen (secondary N) is 1. The van der Waals surface area contributed by atoms with Crippen molar-refractivity contribution >= 4 is 11.8 Å². The Morgan fingerprint density at radius 1 is 1.23 bits per heavy atom. The van der Waals surface area contributed by atoms with E-state index in [2.05, 4.69) is 12.2 Å². The average Bonchev–Trinajstić information content (AvgIpc) is 2.64. The number of nitrogens with two attached hydrogens (primary N) is 1. The monoisotopic (exact) mass is 364 g/mol. The number of amides is 2. The van der Waals surface area contributed by atoms with E-state index in [9.17, 15) is 9.59 Å². The summed E-state index contributed by atoms with van der Waals surface area (Å²) < 4.78 is 16.3. The van der Waals surface area contributed by atoms with E-state index < -0.39 is 5.91 Å². The van der Waals surface area contributed by atoms with Crippen molar-refractivity contribution < 1.29 is 23.8 Å². The number of carbonyl (C=O) groups is 2. The Morgan fingerprint density at radius 2 is 2.00 bits per heavy atom. The van der Waals surface area contributed by atoms with Crippen LogP contribution in [-0.2, 0) is 9.53 Å². The second kappa shape index (κ2) is 10.0. The van der Waals surface area contributed by atoms with Gasteiger partial charge in [0.25, 0.3) is 11.8 Å². The van der Waals surface area contributed by atoms with Gasteiger partial charge in [0.1, 0.15) is 0 Å². The van der Waals surface area contributed by atoms with E-state index >= 15 is 0 Å². The van der Waals surface area contributed by atoms with E-state index in [0.29, 0.717) is 42.2 Å². The summed E-state index contributed by atoms with van der Waals surface area (Å²) in [4.78, 5) is 23.1. The quantitative estimate of drug-likeness (QED) is 0.652.